The summed E-state index contributed by atoms with van der Waals surface area (Å²) in [7, 11) is 0. The number of Topliss-reactive ketones (excluding diaryl/α,β-unsaturated/α-hetero) is 1. The third-order valence-corrected chi connectivity index (χ3v) is 1.81. The van der Waals surface area contributed by atoms with Gasteiger partial charge < -0.3 is 5.11 Å². The average Bonchev–Trinajstić information content (AvgIpc) is 1.83. The van der Waals surface area contributed by atoms with E-state index in [-0.39, 0.29) is 12.2 Å². The van der Waals surface area contributed by atoms with Gasteiger partial charge in [0, 0.05) is 6.42 Å². The summed E-state index contributed by atoms with van der Waals surface area (Å²) < 4.78 is 0. The fraction of sp³-hybridized carbons (Fsp3) is 0.778. The Balaban J connectivity index is 4.61. The molecule has 0 aromatic heterocycles. The Bertz CT molecular complexity index is 222. The summed E-state index contributed by atoms with van der Waals surface area (Å²) in [6.45, 7) is 6.10. The van der Waals surface area contributed by atoms with Crippen LogP contribution in [-0.4, -0.2) is 16.5 Å². The molecule has 0 aromatic rings. The lowest BCUT2D eigenvalue weighted by Crippen LogP contribution is -2.34. The molecule has 3 nitrogen and oxygen atoms in total. The van der Waals surface area contributed by atoms with E-state index in [4.69, 9.17) is 5.26 Å². The Morgan fingerprint density at radius 1 is 1.50 bits per heavy atom. The third kappa shape index (κ3) is 3.02. The molecule has 68 valence electrons. The molecule has 1 atom stereocenters. The van der Waals surface area contributed by atoms with E-state index in [1.54, 1.807) is 20.8 Å². The monoisotopic (exact) mass is 169 g/mol. The zero-order valence-corrected chi connectivity index (χ0v) is 8.01. The van der Waals surface area contributed by atoms with Crippen LogP contribution in [0.25, 0.3) is 0 Å². The molecule has 1 N–H and O–H groups in total. The van der Waals surface area contributed by atoms with Gasteiger partial charge in [-0.3, -0.25) is 4.79 Å². The van der Waals surface area contributed by atoms with Crippen molar-refractivity contribution in [3.63, 3.8) is 0 Å². The first-order valence-electron chi connectivity index (χ1n) is 3.86. The lowest BCUT2D eigenvalue weighted by atomic mass is 9.78. The van der Waals surface area contributed by atoms with E-state index in [1.165, 1.54) is 6.92 Å². The molecule has 0 radical (unpaired) electrons. The van der Waals surface area contributed by atoms with Crippen molar-refractivity contribution in [3.05, 3.63) is 0 Å². The van der Waals surface area contributed by atoms with Crippen molar-refractivity contribution in [1.82, 2.24) is 0 Å². The molecule has 0 rings (SSSR count). The number of hydrogen-bond donors (Lipinski definition) is 1. The van der Waals surface area contributed by atoms with Crippen molar-refractivity contribution in [3.8, 4) is 6.07 Å². The molecular weight excluding hydrogens is 154 g/mol. The van der Waals surface area contributed by atoms with E-state index in [0.29, 0.717) is 0 Å². The third-order valence-electron chi connectivity index (χ3n) is 1.81. The molecule has 0 fully saturated rings. The standard InChI is InChI=1S/C9H15NO2/c1-7(11)9(4,6-10)5-8(2,3)12/h12H,5H2,1-4H3. The first-order chi connectivity index (χ1) is 5.21. The Morgan fingerprint density at radius 2 is 1.92 bits per heavy atom. The van der Waals surface area contributed by atoms with Gasteiger partial charge in [0.2, 0.25) is 0 Å². The molecule has 0 heterocycles. The molecule has 0 bridgehead atoms. The van der Waals surface area contributed by atoms with Crippen molar-refractivity contribution in [2.45, 2.75) is 39.7 Å². The topological polar surface area (TPSA) is 61.1 Å². The van der Waals surface area contributed by atoms with Crippen LogP contribution in [-0.2, 0) is 4.79 Å². The van der Waals surface area contributed by atoms with Gasteiger partial charge >= 0.3 is 0 Å². The Hall–Kier alpha value is -0.880. The Kier molecular flexibility index (Phi) is 3.00. The normalized spacial score (nSPS) is 16.3. The molecule has 0 aliphatic heterocycles. The molecule has 12 heavy (non-hydrogen) atoms. The quantitative estimate of drug-likeness (QED) is 0.692. The van der Waals surface area contributed by atoms with E-state index in [9.17, 15) is 9.90 Å². The summed E-state index contributed by atoms with van der Waals surface area (Å²) in [6.07, 6.45) is 0.172. The fourth-order valence-electron chi connectivity index (χ4n) is 1.11. The molecule has 1 unspecified atom stereocenters. The van der Waals surface area contributed by atoms with E-state index < -0.39 is 11.0 Å². The molecule has 0 saturated heterocycles. The first kappa shape index (κ1) is 11.1. The Labute approximate surface area is 73.0 Å². The summed E-state index contributed by atoms with van der Waals surface area (Å²) in [5.74, 6) is -0.202. The predicted molar refractivity (Wildman–Crippen MR) is 45.3 cm³/mol. The number of carbonyl (C=O) groups excluding carboxylic acids is 1. The van der Waals surface area contributed by atoms with Gasteiger partial charge in [0.15, 0.2) is 0 Å². The second kappa shape index (κ2) is 3.24. The minimum Gasteiger partial charge on any atom is -0.390 e. The second-order valence-electron chi connectivity index (χ2n) is 3.99. The molecule has 0 aliphatic carbocycles. The van der Waals surface area contributed by atoms with Crippen molar-refractivity contribution in [1.29, 1.82) is 5.26 Å². The SMILES string of the molecule is CC(=O)C(C)(C#N)CC(C)(C)O. The number of rotatable bonds is 3. The van der Waals surface area contributed by atoms with Crippen molar-refractivity contribution in [2.24, 2.45) is 5.41 Å². The Morgan fingerprint density at radius 3 is 2.00 bits per heavy atom. The maximum absolute atomic E-state index is 11.0. The van der Waals surface area contributed by atoms with Crippen LogP contribution in [0.3, 0.4) is 0 Å². The lowest BCUT2D eigenvalue weighted by molar-refractivity contribution is -0.125. The minimum atomic E-state index is -1.06. The van der Waals surface area contributed by atoms with Crippen LogP contribution in [0.15, 0.2) is 0 Å². The van der Waals surface area contributed by atoms with Gasteiger partial charge in [0.1, 0.15) is 11.2 Å². The van der Waals surface area contributed by atoms with Crippen molar-refractivity contribution < 1.29 is 9.90 Å². The first-order valence-corrected chi connectivity index (χ1v) is 3.86. The van der Waals surface area contributed by atoms with E-state index >= 15 is 0 Å². The molecule has 0 aliphatic rings. The van der Waals surface area contributed by atoms with E-state index in [1.807, 2.05) is 6.07 Å². The van der Waals surface area contributed by atoms with E-state index in [0.717, 1.165) is 0 Å². The number of carbonyl (C=O) groups is 1. The molecule has 0 aromatic carbocycles. The van der Waals surface area contributed by atoms with Gasteiger partial charge in [-0.25, -0.2) is 0 Å². The zero-order valence-electron chi connectivity index (χ0n) is 8.01. The van der Waals surface area contributed by atoms with E-state index in [2.05, 4.69) is 0 Å². The minimum absolute atomic E-state index is 0.172. The molecular formula is C9H15NO2. The second-order valence-corrected chi connectivity index (χ2v) is 3.99. The fourth-order valence-corrected chi connectivity index (χ4v) is 1.11. The van der Waals surface area contributed by atoms with Crippen LogP contribution in [0.1, 0.15) is 34.1 Å². The summed E-state index contributed by atoms with van der Waals surface area (Å²) in [5, 5.41) is 18.2. The summed E-state index contributed by atoms with van der Waals surface area (Å²) in [5.41, 5.74) is -2.03. The number of ketones is 1. The van der Waals surface area contributed by atoms with Crippen LogP contribution < -0.4 is 0 Å². The van der Waals surface area contributed by atoms with Crippen molar-refractivity contribution in [2.75, 3.05) is 0 Å². The largest absolute Gasteiger partial charge is 0.390 e. The maximum Gasteiger partial charge on any atom is 0.149 e. The number of aliphatic hydroxyl groups is 1. The van der Waals surface area contributed by atoms with Gasteiger partial charge in [-0.1, -0.05) is 0 Å². The van der Waals surface area contributed by atoms with Gasteiger partial charge in [-0.2, -0.15) is 5.26 Å². The van der Waals surface area contributed by atoms with Gasteiger partial charge in [0.25, 0.3) is 0 Å². The smallest absolute Gasteiger partial charge is 0.149 e. The van der Waals surface area contributed by atoms with Gasteiger partial charge in [0.05, 0.1) is 11.7 Å². The molecule has 3 heteroatoms. The number of nitrogens with zero attached hydrogens (tertiary/aromatic N) is 1. The zero-order chi connectivity index (χ0) is 9.99. The average molecular weight is 169 g/mol. The number of nitriles is 1. The van der Waals surface area contributed by atoms with Crippen LogP contribution in [0, 0.1) is 16.7 Å². The highest BCUT2D eigenvalue weighted by Crippen LogP contribution is 2.28. The summed E-state index contributed by atoms with van der Waals surface area (Å²) >= 11 is 0. The maximum atomic E-state index is 11.0. The van der Waals surface area contributed by atoms with Crippen LogP contribution in [0.2, 0.25) is 0 Å². The molecule has 0 amide bonds. The number of hydrogen-bond acceptors (Lipinski definition) is 3. The van der Waals surface area contributed by atoms with Crippen molar-refractivity contribution >= 4 is 5.78 Å². The molecule has 0 spiro atoms. The van der Waals surface area contributed by atoms with Gasteiger partial charge in [-0.05, 0) is 27.7 Å². The highest BCUT2D eigenvalue weighted by Gasteiger charge is 2.35. The highest BCUT2D eigenvalue weighted by atomic mass is 16.3. The highest BCUT2D eigenvalue weighted by molar-refractivity contribution is 5.84. The predicted octanol–water partition coefficient (Wildman–Crippen LogP) is 1.27. The van der Waals surface area contributed by atoms with Crippen LogP contribution in [0.5, 0.6) is 0 Å². The molecule has 0 saturated carbocycles. The van der Waals surface area contributed by atoms with Crippen LogP contribution in [0.4, 0.5) is 0 Å². The van der Waals surface area contributed by atoms with Gasteiger partial charge in [-0.15, -0.1) is 0 Å². The summed E-state index contributed by atoms with van der Waals surface area (Å²) in [6, 6.07) is 1.92. The lowest BCUT2D eigenvalue weighted by Gasteiger charge is -2.26. The summed E-state index contributed by atoms with van der Waals surface area (Å²) in [4.78, 5) is 11.0. The van der Waals surface area contributed by atoms with Crippen LogP contribution >= 0.6 is 0 Å².